The third-order valence-electron chi connectivity index (χ3n) is 6.08. The van der Waals surface area contributed by atoms with E-state index in [2.05, 4.69) is 10.6 Å². The van der Waals surface area contributed by atoms with Gasteiger partial charge in [0.15, 0.2) is 33.9 Å². The fourth-order valence-corrected chi connectivity index (χ4v) is 4.29. The summed E-state index contributed by atoms with van der Waals surface area (Å²) in [6.07, 6.45) is 6.38. The summed E-state index contributed by atoms with van der Waals surface area (Å²) in [5.41, 5.74) is 2.55. The van der Waals surface area contributed by atoms with Crippen molar-refractivity contribution in [2.45, 2.75) is 6.04 Å². The number of nitrogens with zero attached hydrogens (tertiary/aromatic N) is 1. The highest BCUT2D eigenvalue weighted by molar-refractivity contribution is 7.80. The van der Waals surface area contributed by atoms with Crippen LogP contribution in [-0.4, -0.2) is 40.3 Å². The SMILES string of the molecule is COc1cc(/C=C/C(=O)C2=C(/C=C/c3ccc(O)c(OC)c3)NC(=S)NC2c2ccc([N+](=O)[O-])cc2)ccc1O. The second-order valence-electron chi connectivity index (χ2n) is 8.60. The number of rotatable bonds is 9. The smallest absolute Gasteiger partial charge is 0.269 e. The number of thiocarbonyl (C=S) groups is 1. The van der Waals surface area contributed by atoms with Gasteiger partial charge in [0.05, 0.1) is 25.2 Å². The molecule has 4 rings (SSSR count). The molecule has 0 aromatic heterocycles. The van der Waals surface area contributed by atoms with Gasteiger partial charge in [0.1, 0.15) is 0 Å². The molecule has 1 aliphatic rings. The number of ether oxygens (including phenoxy) is 2. The van der Waals surface area contributed by atoms with Gasteiger partial charge in [-0.05, 0) is 77.5 Å². The molecule has 204 valence electrons. The first-order valence-electron chi connectivity index (χ1n) is 11.9. The molecule has 11 heteroatoms. The Labute approximate surface area is 235 Å². The molecule has 4 N–H and O–H groups in total. The summed E-state index contributed by atoms with van der Waals surface area (Å²) in [7, 11) is 2.87. The molecule has 0 radical (unpaired) electrons. The highest BCUT2D eigenvalue weighted by Gasteiger charge is 2.30. The molecule has 10 nitrogen and oxygen atoms in total. The molecule has 40 heavy (non-hydrogen) atoms. The van der Waals surface area contributed by atoms with E-state index in [4.69, 9.17) is 21.7 Å². The van der Waals surface area contributed by atoms with Crippen LogP contribution in [0.15, 0.2) is 84.1 Å². The molecule has 0 aliphatic carbocycles. The lowest BCUT2D eigenvalue weighted by Gasteiger charge is -2.30. The maximum absolute atomic E-state index is 13.7. The zero-order chi connectivity index (χ0) is 28.8. The lowest BCUT2D eigenvalue weighted by atomic mass is 9.91. The van der Waals surface area contributed by atoms with E-state index in [-0.39, 0.29) is 39.6 Å². The molecule has 3 aromatic carbocycles. The zero-order valence-electron chi connectivity index (χ0n) is 21.5. The molecule has 0 spiro atoms. The summed E-state index contributed by atoms with van der Waals surface area (Å²) in [5, 5.41) is 37.3. The Kier molecular flexibility index (Phi) is 8.45. The van der Waals surface area contributed by atoms with Crippen molar-refractivity contribution in [1.82, 2.24) is 10.6 Å². The summed E-state index contributed by atoms with van der Waals surface area (Å²) in [6, 6.07) is 14.6. The van der Waals surface area contributed by atoms with Gasteiger partial charge in [-0.3, -0.25) is 14.9 Å². The molecule has 1 aliphatic heterocycles. The number of methoxy groups -OCH3 is 2. The molecule has 0 bridgehead atoms. The quantitative estimate of drug-likeness (QED) is 0.125. The lowest BCUT2D eigenvalue weighted by Crippen LogP contribution is -2.44. The number of allylic oxidation sites excluding steroid dienone is 2. The number of hydrogen-bond donors (Lipinski definition) is 4. The molecular weight excluding hydrogens is 534 g/mol. The predicted molar refractivity (Wildman–Crippen MR) is 154 cm³/mol. The average molecular weight is 560 g/mol. The Morgan fingerprint density at radius 1 is 0.925 bits per heavy atom. The van der Waals surface area contributed by atoms with Crippen molar-refractivity contribution in [2.75, 3.05) is 14.2 Å². The number of nitro benzene ring substituents is 1. The van der Waals surface area contributed by atoms with E-state index in [1.54, 1.807) is 54.6 Å². The van der Waals surface area contributed by atoms with Gasteiger partial charge in [-0.15, -0.1) is 0 Å². The molecule has 0 amide bonds. The van der Waals surface area contributed by atoms with Gasteiger partial charge in [-0.25, -0.2) is 0 Å². The fraction of sp³-hybridized carbons (Fsp3) is 0.103. The van der Waals surface area contributed by atoms with E-state index < -0.39 is 11.0 Å². The minimum absolute atomic E-state index is 0.00913. The van der Waals surface area contributed by atoms with Gasteiger partial charge in [-0.1, -0.05) is 24.3 Å². The van der Waals surface area contributed by atoms with Gasteiger partial charge >= 0.3 is 0 Å². The Hall–Kier alpha value is -5.16. The van der Waals surface area contributed by atoms with E-state index >= 15 is 0 Å². The highest BCUT2D eigenvalue weighted by Crippen LogP contribution is 2.32. The molecule has 1 heterocycles. The van der Waals surface area contributed by atoms with Crippen molar-refractivity contribution in [3.8, 4) is 23.0 Å². The fourth-order valence-electron chi connectivity index (χ4n) is 4.07. The van der Waals surface area contributed by atoms with Crippen molar-refractivity contribution in [1.29, 1.82) is 0 Å². The van der Waals surface area contributed by atoms with Crippen molar-refractivity contribution in [3.63, 3.8) is 0 Å². The van der Waals surface area contributed by atoms with Gasteiger partial charge in [-0.2, -0.15) is 0 Å². The van der Waals surface area contributed by atoms with Gasteiger partial charge in [0.25, 0.3) is 5.69 Å². The lowest BCUT2D eigenvalue weighted by molar-refractivity contribution is -0.384. The Balaban J connectivity index is 1.78. The second kappa shape index (κ2) is 12.1. The monoisotopic (exact) mass is 559 g/mol. The number of carbonyl (C=O) groups excluding carboxylic acids is 1. The number of non-ortho nitro benzene ring substituents is 1. The highest BCUT2D eigenvalue weighted by atomic mass is 32.1. The van der Waals surface area contributed by atoms with Crippen LogP contribution in [0.25, 0.3) is 12.2 Å². The summed E-state index contributed by atoms with van der Waals surface area (Å²) in [6.45, 7) is 0. The van der Waals surface area contributed by atoms with E-state index in [1.807, 2.05) is 0 Å². The topological polar surface area (TPSA) is 143 Å². The largest absolute Gasteiger partial charge is 0.504 e. The van der Waals surface area contributed by atoms with Crippen LogP contribution < -0.4 is 20.1 Å². The summed E-state index contributed by atoms with van der Waals surface area (Å²) < 4.78 is 10.3. The van der Waals surface area contributed by atoms with Crippen LogP contribution in [0.5, 0.6) is 23.0 Å². The number of hydrogen-bond acceptors (Lipinski definition) is 8. The zero-order valence-corrected chi connectivity index (χ0v) is 22.3. The predicted octanol–water partition coefficient (Wildman–Crippen LogP) is 4.79. The Morgan fingerprint density at radius 3 is 2.05 bits per heavy atom. The number of phenols is 2. The van der Waals surface area contributed by atoms with Crippen molar-refractivity contribution in [2.24, 2.45) is 0 Å². The third kappa shape index (κ3) is 6.27. The third-order valence-corrected chi connectivity index (χ3v) is 6.30. The number of aromatic hydroxyl groups is 2. The van der Waals surface area contributed by atoms with E-state index in [0.717, 1.165) is 0 Å². The van der Waals surface area contributed by atoms with Crippen molar-refractivity contribution >= 4 is 41.0 Å². The first-order chi connectivity index (χ1) is 19.2. The Morgan fingerprint density at radius 2 is 1.50 bits per heavy atom. The summed E-state index contributed by atoms with van der Waals surface area (Å²) in [5.74, 6) is 0.152. The average Bonchev–Trinajstić information content (AvgIpc) is 2.95. The van der Waals surface area contributed by atoms with E-state index in [0.29, 0.717) is 28.0 Å². The Bertz CT molecular complexity index is 1560. The van der Waals surface area contributed by atoms with Gasteiger partial charge in [0, 0.05) is 23.4 Å². The van der Waals surface area contributed by atoms with Gasteiger partial charge < -0.3 is 30.3 Å². The molecule has 0 saturated heterocycles. The number of nitro groups is 1. The van der Waals surface area contributed by atoms with Crippen LogP contribution >= 0.6 is 12.2 Å². The number of phenolic OH excluding ortho intramolecular Hbond substituents is 2. The van der Waals surface area contributed by atoms with Gasteiger partial charge in [0.2, 0.25) is 0 Å². The van der Waals surface area contributed by atoms with Crippen LogP contribution in [0.1, 0.15) is 22.7 Å². The van der Waals surface area contributed by atoms with Crippen LogP contribution in [0.2, 0.25) is 0 Å². The van der Waals surface area contributed by atoms with Crippen molar-refractivity contribution in [3.05, 3.63) is 111 Å². The standard InChI is InChI=1S/C29H25N3O7S/c1-38-25-15-17(4-12-22(25)33)3-11-21-27(24(35)14-6-18-5-13-23(34)26(16-18)39-2)28(31-29(40)30-21)19-7-9-20(10-8-19)32(36)37/h3-16,28,33-34H,1-2H3,(H2,30,31,40)/b11-3+,14-6+. The van der Waals surface area contributed by atoms with E-state index in [9.17, 15) is 25.1 Å². The molecule has 3 aromatic rings. The van der Waals surface area contributed by atoms with Crippen molar-refractivity contribution < 1.29 is 29.4 Å². The molecule has 1 atom stereocenters. The molecule has 0 saturated carbocycles. The summed E-state index contributed by atoms with van der Waals surface area (Å²) >= 11 is 5.42. The minimum atomic E-state index is -0.713. The molecular formula is C29H25N3O7S. The molecule has 1 unspecified atom stereocenters. The number of ketones is 1. The maximum Gasteiger partial charge on any atom is 0.269 e. The number of carbonyl (C=O) groups is 1. The first kappa shape index (κ1) is 27.9. The summed E-state index contributed by atoms with van der Waals surface area (Å²) in [4.78, 5) is 24.3. The van der Waals surface area contributed by atoms with E-state index in [1.165, 1.54) is 44.6 Å². The van der Waals surface area contributed by atoms with Crippen LogP contribution in [0.4, 0.5) is 5.69 Å². The number of benzene rings is 3. The van der Waals surface area contributed by atoms with Crippen LogP contribution in [0, 0.1) is 10.1 Å². The minimum Gasteiger partial charge on any atom is -0.504 e. The molecule has 0 fully saturated rings. The maximum atomic E-state index is 13.7. The first-order valence-corrected chi connectivity index (χ1v) is 12.3. The normalized spacial score (nSPS) is 15.2. The van der Waals surface area contributed by atoms with Crippen LogP contribution in [0.3, 0.4) is 0 Å². The second-order valence-corrected chi connectivity index (χ2v) is 9.01. The number of nitrogens with one attached hydrogen (secondary N) is 2. The van der Waals surface area contributed by atoms with Crippen LogP contribution in [-0.2, 0) is 4.79 Å².